The van der Waals surface area contributed by atoms with Crippen LogP contribution < -0.4 is 0 Å². The molecule has 0 amide bonds. The van der Waals surface area contributed by atoms with Crippen LogP contribution in [0.5, 0.6) is 0 Å². The summed E-state index contributed by atoms with van der Waals surface area (Å²) in [6.07, 6.45) is 10.9. The zero-order valence-electron chi connectivity index (χ0n) is 14.2. The molecule has 4 aliphatic rings. The minimum absolute atomic E-state index is 0.0545. The van der Waals surface area contributed by atoms with Gasteiger partial charge in [-0.1, -0.05) is 13.8 Å². The van der Waals surface area contributed by atoms with E-state index in [4.69, 9.17) is 0 Å². The molecule has 0 radical (unpaired) electrons. The van der Waals surface area contributed by atoms with Gasteiger partial charge < -0.3 is 5.11 Å². The quantitative estimate of drug-likeness (QED) is 0.714. The monoisotopic (exact) mass is 301 g/mol. The molecule has 8 atom stereocenters. The highest BCUT2D eigenvalue weighted by Gasteiger charge is 2.59. The average Bonchev–Trinajstić information content (AvgIpc) is 2.82. The van der Waals surface area contributed by atoms with Gasteiger partial charge in [0.25, 0.3) is 0 Å². The van der Waals surface area contributed by atoms with Crippen LogP contribution in [-0.4, -0.2) is 11.2 Å². The number of nitrogens with zero attached hydrogens (tertiary/aromatic N) is 1. The molecule has 4 saturated carbocycles. The van der Waals surface area contributed by atoms with Crippen LogP contribution in [0.4, 0.5) is 0 Å². The molecule has 0 bridgehead atoms. The fourth-order valence-corrected chi connectivity index (χ4v) is 7.47. The topological polar surface area (TPSA) is 44.0 Å². The third kappa shape index (κ3) is 1.94. The Morgan fingerprint density at radius 2 is 1.59 bits per heavy atom. The molecule has 4 fully saturated rings. The first kappa shape index (κ1) is 15.0. The molecule has 0 aromatic carbocycles. The Morgan fingerprint density at radius 1 is 0.909 bits per heavy atom. The third-order valence-electron chi connectivity index (χ3n) is 8.62. The van der Waals surface area contributed by atoms with Crippen LogP contribution in [0.3, 0.4) is 0 Å². The van der Waals surface area contributed by atoms with Gasteiger partial charge in [-0.3, -0.25) is 0 Å². The molecule has 0 spiro atoms. The van der Waals surface area contributed by atoms with Gasteiger partial charge >= 0.3 is 0 Å². The second-order valence-corrected chi connectivity index (χ2v) is 9.47. The van der Waals surface area contributed by atoms with E-state index in [-0.39, 0.29) is 6.10 Å². The first-order chi connectivity index (χ1) is 10.5. The van der Waals surface area contributed by atoms with Gasteiger partial charge in [-0.05, 0) is 92.3 Å². The Morgan fingerprint density at radius 3 is 2.36 bits per heavy atom. The van der Waals surface area contributed by atoms with E-state index in [1.165, 1.54) is 38.5 Å². The van der Waals surface area contributed by atoms with Crippen LogP contribution in [0.15, 0.2) is 0 Å². The lowest BCUT2D eigenvalue weighted by Crippen LogP contribution is -2.52. The summed E-state index contributed by atoms with van der Waals surface area (Å²) >= 11 is 0. The highest BCUT2D eigenvalue weighted by Crippen LogP contribution is 2.66. The second kappa shape index (κ2) is 4.97. The van der Waals surface area contributed by atoms with Gasteiger partial charge in [0, 0.05) is 0 Å². The van der Waals surface area contributed by atoms with E-state index in [9.17, 15) is 10.4 Å². The zero-order chi connectivity index (χ0) is 15.5. The molecule has 0 aromatic heterocycles. The van der Waals surface area contributed by atoms with E-state index in [1.54, 1.807) is 0 Å². The number of nitriles is 1. The molecular weight excluding hydrogens is 270 g/mol. The van der Waals surface area contributed by atoms with E-state index >= 15 is 0 Å². The summed E-state index contributed by atoms with van der Waals surface area (Å²) in [6, 6.07) is 2.64. The highest BCUT2D eigenvalue weighted by molar-refractivity contribution is 5.11. The SMILES string of the molecule is C[C@@]12CC[C@@H]3[C@H](CC[C@]4(C)[C@@H](C#N)CC[C@@H]34)[C@H]1CC[C@@H](O)C2. The van der Waals surface area contributed by atoms with E-state index in [2.05, 4.69) is 19.9 Å². The van der Waals surface area contributed by atoms with E-state index < -0.39 is 0 Å². The van der Waals surface area contributed by atoms with Gasteiger partial charge in [-0.15, -0.1) is 0 Å². The van der Waals surface area contributed by atoms with Gasteiger partial charge in [0.1, 0.15) is 0 Å². The van der Waals surface area contributed by atoms with Crippen molar-refractivity contribution in [2.75, 3.05) is 0 Å². The molecule has 2 heteroatoms. The van der Waals surface area contributed by atoms with Crippen molar-refractivity contribution in [1.82, 2.24) is 0 Å². The minimum Gasteiger partial charge on any atom is -0.393 e. The summed E-state index contributed by atoms with van der Waals surface area (Å²) in [5, 5.41) is 19.7. The highest BCUT2D eigenvalue weighted by atomic mass is 16.3. The maximum atomic E-state index is 10.1. The average molecular weight is 301 g/mol. The fraction of sp³-hybridized carbons (Fsp3) is 0.950. The molecule has 4 aliphatic carbocycles. The van der Waals surface area contributed by atoms with Crippen LogP contribution in [-0.2, 0) is 0 Å². The number of hydrogen-bond donors (Lipinski definition) is 1. The smallest absolute Gasteiger partial charge is 0.0661 e. The lowest BCUT2D eigenvalue weighted by atomic mass is 9.46. The lowest BCUT2D eigenvalue weighted by molar-refractivity contribution is -0.112. The molecule has 1 N–H and O–H groups in total. The Labute approximate surface area is 135 Å². The Kier molecular flexibility index (Phi) is 3.39. The minimum atomic E-state index is -0.0545. The van der Waals surface area contributed by atoms with Crippen LogP contribution >= 0.6 is 0 Å². The summed E-state index contributed by atoms with van der Waals surface area (Å²) in [4.78, 5) is 0. The lowest BCUT2D eigenvalue weighted by Gasteiger charge is -2.59. The predicted molar refractivity (Wildman–Crippen MR) is 86.8 cm³/mol. The summed E-state index contributed by atoms with van der Waals surface area (Å²) in [5.41, 5.74) is 0.692. The van der Waals surface area contributed by atoms with Crippen LogP contribution in [0.1, 0.15) is 71.6 Å². The largest absolute Gasteiger partial charge is 0.393 e. The molecule has 0 heterocycles. The van der Waals surface area contributed by atoms with Crippen LogP contribution in [0, 0.1) is 51.8 Å². The van der Waals surface area contributed by atoms with Gasteiger partial charge in [0.2, 0.25) is 0 Å². The van der Waals surface area contributed by atoms with E-state index in [1.807, 2.05) is 0 Å². The number of fused-ring (bicyclic) bond motifs is 5. The number of aliphatic hydroxyl groups excluding tert-OH is 1. The molecule has 0 saturated heterocycles. The molecule has 0 aromatic rings. The van der Waals surface area contributed by atoms with E-state index in [0.717, 1.165) is 42.9 Å². The molecule has 0 aliphatic heterocycles. The first-order valence-electron chi connectivity index (χ1n) is 9.55. The molecular formula is C20H31NO. The van der Waals surface area contributed by atoms with Crippen molar-refractivity contribution in [1.29, 1.82) is 5.26 Å². The molecule has 0 unspecified atom stereocenters. The summed E-state index contributed by atoms with van der Waals surface area (Å²) < 4.78 is 0. The maximum Gasteiger partial charge on any atom is 0.0661 e. The van der Waals surface area contributed by atoms with Crippen LogP contribution in [0.25, 0.3) is 0 Å². The summed E-state index contributed by atoms with van der Waals surface area (Å²) in [5.74, 6) is 3.68. The Bertz CT molecular complexity index is 496. The van der Waals surface area contributed by atoms with Crippen LogP contribution in [0.2, 0.25) is 0 Å². The summed E-state index contributed by atoms with van der Waals surface area (Å²) in [6.45, 7) is 4.88. The van der Waals surface area contributed by atoms with E-state index in [0.29, 0.717) is 16.7 Å². The van der Waals surface area contributed by atoms with Gasteiger partial charge in [-0.2, -0.15) is 5.26 Å². The Balaban J connectivity index is 1.61. The molecule has 2 nitrogen and oxygen atoms in total. The van der Waals surface area contributed by atoms with Gasteiger partial charge in [-0.25, -0.2) is 0 Å². The van der Waals surface area contributed by atoms with Gasteiger partial charge in [0.15, 0.2) is 0 Å². The van der Waals surface area contributed by atoms with Gasteiger partial charge in [0.05, 0.1) is 18.1 Å². The standard InChI is InChI=1S/C20H31NO/c1-19-9-7-16-15(17(19)6-4-14(22)11-19)8-10-20(2)13(12-21)3-5-18(16)20/h13-18,22H,3-11H2,1-2H3/t13-,14-,15+,16-,17-,18+,19+,20-/m1/s1. The van der Waals surface area contributed by atoms with Crippen molar-refractivity contribution in [3.63, 3.8) is 0 Å². The Hall–Kier alpha value is -0.550. The van der Waals surface area contributed by atoms with Crippen molar-refractivity contribution in [2.45, 2.75) is 77.7 Å². The molecule has 4 rings (SSSR count). The normalized spacial score (nSPS) is 57.4. The molecule has 22 heavy (non-hydrogen) atoms. The van der Waals surface area contributed by atoms with Crippen molar-refractivity contribution in [3.8, 4) is 6.07 Å². The van der Waals surface area contributed by atoms with Crippen molar-refractivity contribution in [3.05, 3.63) is 0 Å². The fourth-order valence-electron chi connectivity index (χ4n) is 7.47. The molecule has 122 valence electrons. The number of aliphatic hydroxyl groups is 1. The first-order valence-corrected chi connectivity index (χ1v) is 9.55. The summed E-state index contributed by atoms with van der Waals surface area (Å²) in [7, 11) is 0. The van der Waals surface area contributed by atoms with Crippen molar-refractivity contribution < 1.29 is 5.11 Å². The predicted octanol–water partition coefficient (Wildman–Crippen LogP) is 4.53. The maximum absolute atomic E-state index is 10.1. The third-order valence-corrected chi connectivity index (χ3v) is 8.62. The number of hydrogen-bond acceptors (Lipinski definition) is 2. The van der Waals surface area contributed by atoms with Crippen molar-refractivity contribution >= 4 is 0 Å². The number of rotatable bonds is 0. The zero-order valence-corrected chi connectivity index (χ0v) is 14.2. The van der Waals surface area contributed by atoms with Crippen molar-refractivity contribution in [2.24, 2.45) is 40.4 Å². The second-order valence-electron chi connectivity index (χ2n) is 9.47.